The van der Waals surface area contributed by atoms with Crippen molar-refractivity contribution in [1.82, 2.24) is 5.32 Å². The fourth-order valence-electron chi connectivity index (χ4n) is 2.55. The number of ether oxygens (including phenoxy) is 2. The van der Waals surface area contributed by atoms with Gasteiger partial charge in [-0.15, -0.1) is 0 Å². The van der Waals surface area contributed by atoms with E-state index in [1.165, 1.54) is 5.69 Å². The van der Waals surface area contributed by atoms with E-state index in [-0.39, 0.29) is 0 Å². The molecular formula is C18H22N2O2. The Labute approximate surface area is 131 Å². The van der Waals surface area contributed by atoms with Crippen molar-refractivity contribution >= 4 is 5.69 Å². The summed E-state index contributed by atoms with van der Waals surface area (Å²) in [4.78, 5) is 2.39. The average molecular weight is 298 g/mol. The summed E-state index contributed by atoms with van der Waals surface area (Å²) >= 11 is 0. The first-order valence-corrected chi connectivity index (χ1v) is 7.81. The molecule has 1 fully saturated rings. The quantitative estimate of drug-likeness (QED) is 0.918. The number of piperazine rings is 1. The van der Waals surface area contributed by atoms with Crippen molar-refractivity contribution in [3.05, 3.63) is 48.5 Å². The average Bonchev–Trinajstić information content (AvgIpc) is 2.58. The van der Waals surface area contributed by atoms with E-state index in [9.17, 15) is 0 Å². The first-order valence-electron chi connectivity index (χ1n) is 7.81. The Morgan fingerprint density at radius 2 is 1.41 bits per heavy atom. The molecule has 0 atom stereocenters. The molecule has 1 aliphatic heterocycles. The van der Waals surface area contributed by atoms with Gasteiger partial charge in [0.2, 0.25) is 0 Å². The number of nitrogens with zero attached hydrogens (tertiary/aromatic N) is 1. The Morgan fingerprint density at radius 1 is 0.864 bits per heavy atom. The summed E-state index contributed by atoms with van der Waals surface area (Å²) in [6, 6.07) is 16.0. The van der Waals surface area contributed by atoms with E-state index < -0.39 is 0 Å². The third kappa shape index (κ3) is 3.71. The number of hydrogen-bond donors (Lipinski definition) is 1. The topological polar surface area (TPSA) is 33.7 Å². The summed E-state index contributed by atoms with van der Waals surface area (Å²) < 4.78 is 11.3. The normalized spacial score (nSPS) is 14.7. The van der Waals surface area contributed by atoms with Crippen LogP contribution in [0.3, 0.4) is 0 Å². The Balaban J connectivity index is 1.62. The van der Waals surface area contributed by atoms with Gasteiger partial charge in [-0.2, -0.15) is 0 Å². The van der Waals surface area contributed by atoms with Crippen LogP contribution in [0, 0.1) is 0 Å². The molecule has 0 unspecified atom stereocenters. The van der Waals surface area contributed by atoms with Crippen LogP contribution in [0.1, 0.15) is 6.92 Å². The van der Waals surface area contributed by atoms with Crippen molar-refractivity contribution in [2.24, 2.45) is 0 Å². The van der Waals surface area contributed by atoms with E-state index in [0.29, 0.717) is 6.61 Å². The molecule has 4 heteroatoms. The molecule has 0 amide bonds. The van der Waals surface area contributed by atoms with E-state index in [1.807, 2.05) is 43.3 Å². The maximum atomic E-state index is 5.87. The highest BCUT2D eigenvalue weighted by Gasteiger charge is 2.10. The molecule has 1 heterocycles. The smallest absolute Gasteiger partial charge is 0.127 e. The summed E-state index contributed by atoms with van der Waals surface area (Å²) in [6.45, 7) is 6.85. The van der Waals surface area contributed by atoms with Crippen LogP contribution in [0.5, 0.6) is 17.2 Å². The molecule has 0 radical (unpaired) electrons. The first-order chi connectivity index (χ1) is 10.8. The van der Waals surface area contributed by atoms with Gasteiger partial charge in [0.25, 0.3) is 0 Å². The van der Waals surface area contributed by atoms with Crippen molar-refractivity contribution in [2.45, 2.75) is 6.92 Å². The standard InChI is InChI=1S/C18H22N2O2/c1-2-21-16-7-9-18(10-8-16)22-17-5-3-15(4-6-17)20-13-11-19-12-14-20/h3-10,19H,2,11-14H2,1H3. The summed E-state index contributed by atoms with van der Waals surface area (Å²) in [5, 5.41) is 3.37. The fourth-order valence-corrected chi connectivity index (χ4v) is 2.55. The fraction of sp³-hybridized carbons (Fsp3) is 0.333. The molecule has 0 spiro atoms. The minimum Gasteiger partial charge on any atom is -0.494 e. The van der Waals surface area contributed by atoms with E-state index in [2.05, 4.69) is 22.3 Å². The molecule has 22 heavy (non-hydrogen) atoms. The van der Waals surface area contributed by atoms with E-state index in [4.69, 9.17) is 9.47 Å². The zero-order valence-corrected chi connectivity index (χ0v) is 12.9. The second-order valence-electron chi connectivity index (χ2n) is 5.24. The molecular weight excluding hydrogens is 276 g/mol. The third-order valence-electron chi connectivity index (χ3n) is 3.69. The second-order valence-corrected chi connectivity index (χ2v) is 5.24. The van der Waals surface area contributed by atoms with Crippen LogP contribution < -0.4 is 19.7 Å². The van der Waals surface area contributed by atoms with Crippen molar-refractivity contribution in [3.8, 4) is 17.2 Å². The minimum absolute atomic E-state index is 0.674. The Hall–Kier alpha value is -2.20. The van der Waals surface area contributed by atoms with Gasteiger partial charge in [-0.1, -0.05) is 0 Å². The largest absolute Gasteiger partial charge is 0.494 e. The van der Waals surface area contributed by atoms with Gasteiger partial charge in [0.15, 0.2) is 0 Å². The number of hydrogen-bond acceptors (Lipinski definition) is 4. The molecule has 3 rings (SSSR count). The van der Waals surface area contributed by atoms with Crippen LogP contribution in [0.4, 0.5) is 5.69 Å². The monoisotopic (exact) mass is 298 g/mol. The summed E-state index contributed by atoms with van der Waals surface area (Å²) in [5.74, 6) is 2.53. The Morgan fingerprint density at radius 3 is 2.00 bits per heavy atom. The van der Waals surface area contributed by atoms with Gasteiger partial charge in [-0.05, 0) is 55.5 Å². The number of nitrogens with one attached hydrogen (secondary N) is 1. The lowest BCUT2D eigenvalue weighted by Crippen LogP contribution is -2.43. The van der Waals surface area contributed by atoms with Crippen molar-refractivity contribution < 1.29 is 9.47 Å². The van der Waals surface area contributed by atoms with E-state index >= 15 is 0 Å². The Bertz CT molecular complexity index is 575. The molecule has 1 aliphatic rings. The summed E-state index contributed by atoms with van der Waals surface area (Å²) in [5.41, 5.74) is 1.25. The molecule has 0 aliphatic carbocycles. The minimum atomic E-state index is 0.674. The van der Waals surface area contributed by atoms with Gasteiger partial charge in [-0.25, -0.2) is 0 Å². The molecule has 2 aromatic carbocycles. The van der Waals surface area contributed by atoms with Crippen LogP contribution in [0.15, 0.2) is 48.5 Å². The highest BCUT2D eigenvalue weighted by Crippen LogP contribution is 2.26. The molecule has 4 nitrogen and oxygen atoms in total. The number of benzene rings is 2. The van der Waals surface area contributed by atoms with Gasteiger partial charge in [-0.3, -0.25) is 0 Å². The van der Waals surface area contributed by atoms with Gasteiger partial charge in [0, 0.05) is 31.9 Å². The molecule has 116 valence electrons. The summed E-state index contributed by atoms with van der Waals surface area (Å²) in [7, 11) is 0. The molecule has 0 saturated carbocycles. The molecule has 1 saturated heterocycles. The predicted molar refractivity (Wildman–Crippen MR) is 89.2 cm³/mol. The molecule has 1 N–H and O–H groups in total. The van der Waals surface area contributed by atoms with Crippen LogP contribution >= 0.6 is 0 Å². The lowest BCUT2D eigenvalue weighted by Gasteiger charge is -2.29. The van der Waals surface area contributed by atoms with Crippen LogP contribution in [0.25, 0.3) is 0 Å². The van der Waals surface area contributed by atoms with Gasteiger partial charge in [0.05, 0.1) is 6.61 Å². The number of rotatable bonds is 5. The molecule has 0 aromatic heterocycles. The zero-order valence-electron chi connectivity index (χ0n) is 12.9. The van der Waals surface area contributed by atoms with Gasteiger partial charge in [0.1, 0.15) is 17.2 Å². The van der Waals surface area contributed by atoms with Crippen molar-refractivity contribution in [1.29, 1.82) is 0 Å². The molecule has 2 aromatic rings. The lowest BCUT2D eigenvalue weighted by molar-refractivity contribution is 0.339. The van der Waals surface area contributed by atoms with Crippen LogP contribution in [-0.2, 0) is 0 Å². The third-order valence-corrected chi connectivity index (χ3v) is 3.69. The van der Waals surface area contributed by atoms with E-state index in [0.717, 1.165) is 43.4 Å². The van der Waals surface area contributed by atoms with Gasteiger partial charge >= 0.3 is 0 Å². The van der Waals surface area contributed by atoms with Crippen molar-refractivity contribution in [3.63, 3.8) is 0 Å². The van der Waals surface area contributed by atoms with E-state index in [1.54, 1.807) is 0 Å². The SMILES string of the molecule is CCOc1ccc(Oc2ccc(N3CCNCC3)cc2)cc1. The zero-order chi connectivity index (χ0) is 15.2. The Kier molecular flexibility index (Phi) is 4.81. The molecule has 0 bridgehead atoms. The maximum absolute atomic E-state index is 5.87. The highest BCUT2D eigenvalue weighted by atomic mass is 16.5. The number of anilines is 1. The predicted octanol–water partition coefficient (Wildman–Crippen LogP) is 3.29. The maximum Gasteiger partial charge on any atom is 0.127 e. The highest BCUT2D eigenvalue weighted by molar-refractivity contribution is 5.50. The van der Waals surface area contributed by atoms with Crippen LogP contribution in [-0.4, -0.2) is 32.8 Å². The van der Waals surface area contributed by atoms with Crippen LogP contribution in [0.2, 0.25) is 0 Å². The summed E-state index contributed by atoms with van der Waals surface area (Å²) in [6.07, 6.45) is 0. The first kappa shape index (κ1) is 14.7. The van der Waals surface area contributed by atoms with Crippen molar-refractivity contribution in [2.75, 3.05) is 37.7 Å². The second kappa shape index (κ2) is 7.18. The van der Waals surface area contributed by atoms with Gasteiger partial charge < -0.3 is 19.7 Å². The lowest BCUT2D eigenvalue weighted by atomic mass is 10.2.